The second-order valence-electron chi connectivity index (χ2n) is 6.01. The molecule has 0 unspecified atom stereocenters. The number of nitrogens with one attached hydrogen (secondary N) is 1. The predicted molar refractivity (Wildman–Crippen MR) is 84.0 cm³/mol. The minimum Gasteiger partial charge on any atom is -0.497 e. The van der Waals surface area contributed by atoms with Crippen LogP contribution in [0.1, 0.15) is 32.1 Å². The summed E-state index contributed by atoms with van der Waals surface area (Å²) in [5, 5.41) is 4.58. The molecule has 2 aliphatic rings. The van der Waals surface area contributed by atoms with Crippen LogP contribution in [0.3, 0.4) is 0 Å². The maximum atomic E-state index is 6.40. The van der Waals surface area contributed by atoms with Crippen molar-refractivity contribution < 1.29 is 4.74 Å². The molecule has 2 fully saturated rings. The summed E-state index contributed by atoms with van der Waals surface area (Å²) in [7, 11) is 1.70. The molecule has 3 nitrogen and oxygen atoms in total. The number of nitrogens with zero attached hydrogens (tertiary/aromatic N) is 1. The molecule has 3 rings (SSSR count). The largest absolute Gasteiger partial charge is 0.497 e. The van der Waals surface area contributed by atoms with Gasteiger partial charge >= 0.3 is 0 Å². The van der Waals surface area contributed by atoms with Crippen LogP contribution in [0.25, 0.3) is 0 Å². The van der Waals surface area contributed by atoms with Crippen molar-refractivity contribution in [1.82, 2.24) is 5.32 Å². The first-order valence-electron chi connectivity index (χ1n) is 7.56. The normalized spacial score (nSPS) is 22.0. The van der Waals surface area contributed by atoms with Crippen LogP contribution >= 0.6 is 11.6 Å². The number of piperazine rings is 1. The maximum Gasteiger partial charge on any atom is 0.121 e. The molecule has 20 heavy (non-hydrogen) atoms. The molecule has 1 aromatic rings. The lowest BCUT2D eigenvalue weighted by Gasteiger charge is -2.47. The SMILES string of the molecule is COc1ccc(Cl)c(N2CCNC3(CCCCC3)C2)c1. The maximum absolute atomic E-state index is 6.40. The summed E-state index contributed by atoms with van der Waals surface area (Å²) < 4.78 is 5.34. The van der Waals surface area contributed by atoms with Gasteiger partial charge in [0, 0.05) is 31.2 Å². The highest BCUT2D eigenvalue weighted by molar-refractivity contribution is 6.33. The summed E-state index contributed by atoms with van der Waals surface area (Å²) in [5.74, 6) is 0.876. The van der Waals surface area contributed by atoms with Crippen LogP contribution in [0.15, 0.2) is 18.2 Å². The van der Waals surface area contributed by atoms with Gasteiger partial charge in [0.15, 0.2) is 0 Å². The Hall–Kier alpha value is -0.930. The van der Waals surface area contributed by atoms with Crippen molar-refractivity contribution >= 4 is 17.3 Å². The summed E-state index contributed by atoms with van der Waals surface area (Å²) in [6.07, 6.45) is 6.62. The van der Waals surface area contributed by atoms with E-state index in [1.165, 1.54) is 32.1 Å². The topological polar surface area (TPSA) is 24.5 Å². The molecule has 110 valence electrons. The van der Waals surface area contributed by atoms with E-state index in [0.29, 0.717) is 5.54 Å². The molecule has 1 saturated carbocycles. The van der Waals surface area contributed by atoms with Gasteiger partial charge in [0.05, 0.1) is 17.8 Å². The van der Waals surface area contributed by atoms with Crippen molar-refractivity contribution in [3.63, 3.8) is 0 Å². The molecule has 1 heterocycles. The van der Waals surface area contributed by atoms with E-state index < -0.39 is 0 Å². The van der Waals surface area contributed by atoms with Crippen molar-refractivity contribution in [1.29, 1.82) is 0 Å². The zero-order valence-corrected chi connectivity index (χ0v) is 12.9. The Morgan fingerprint density at radius 2 is 2.05 bits per heavy atom. The molecule has 1 spiro atoms. The Kier molecular flexibility index (Phi) is 4.08. The van der Waals surface area contributed by atoms with Crippen molar-refractivity contribution in [2.24, 2.45) is 0 Å². The number of halogens is 1. The van der Waals surface area contributed by atoms with E-state index >= 15 is 0 Å². The third kappa shape index (κ3) is 2.75. The van der Waals surface area contributed by atoms with E-state index in [4.69, 9.17) is 16.3 Å². The highest BCUT2D eigenvalue weighted by Gasteiger charge is 2.36. The number of hydrogen-bond acceptors (Lipinski definition) is 3. The van der Waals surface area contributed by atoms with Crippen LogP contribution in [-0.2, 0) is 0 Å². The van der Waals surface area contributed by atoms with E-state index in [9.17, 15) is 0 Å². The fourth-order valence-electron chi connectivity index (χ4n) is 3.59. The zero-order valence-electron chi connectivity index (χ0n) is 12.1. The van der Waals surface area contributed by atoms with E-state index in [1.807, 2.05) is 12.1 Å². The molecule has 1 aliphatic carbocycles. The van der Waals surface area contributed by atoms with Crippen molar-refractivity contribution in [2.75, 3.05) is 31.6 Å². The first kappa shape index (κ1) is 14.0. The molecule has 1 N–H and O–H groups in total. The van der Waals surface area contributed by atoms with Crippen LogP contribution in [0.2, 0.25) is 5.02 Å². The molecule has 0 atom stereocenters. The number of rotatable bonds is 2. The average molecular weight is 295 g/mol. The Morgan fingerprint density at radius 3 is 2.80 bits per heavy atom. The minimum absolute atomic E-state index is 0.295. The number of benzene rings is 1. The van der Waals surface area contributed by atoms with Gasteiger partial charge in [-0.1, -0.05) is 30.9 Å². The van der Waals surface area contributed by atoms with Gasteiger partial charge in [-0.2, -0.15) is 0 Å². The second-order valence-corrected chi connectivity index (χ2v) is 6.41. The molecule has 0 amide bonds. The van der Waals surface area contributed by atoms with Crippen molar-refractivity contribution in [3.05, 3.63) is 23.2 Å². The Balaban J connectivity index is 1.82. The van der Waals surface area contributed by atoms with E-state index in [2.05, 4.69) is 16.3 Å². The third-order valence-electron chi connectivity index (χ3n) is 4.68. The number of hydrogen-bond donors (Lipinski definition) is 1. The third-order valence-corrected chi connectivity index (χ3v) is 5.00. The van der Waals surface area contributed by atoms with E-state index in [1.54, 1.807) is 7.11 Å². The van der Waals surface area contributed by atoms with Gasteiger partial charge in [-0.15, -0.1) is 0 Å². The van der Waals surface area contributed by atoms with Crippen LogP contribution in [0, 0.1) is 0 Å². The standard InChI is InChI=1S/C16H23ClN2O/c1-20-13-5-6-14(17)15(11-13)19-10-9-18-16(12-19)7-3-2-4-8-16/h5-6,11,18H,2-4,7-10,12H2,1H3. The lowest BCUT2D eigenvalue weighted by molar-refractivity contribution is 0.216. The lowest BCUT2D eigenvalue weighted by atomic mass is 9.80. The predicted octanol–water partition coefficient (Wildman–Crippen LogP) is 3.46. The number of methoxy groups -OCH3 is 1. The molecule has 1 aromatic carbocycles. The highest BCUT2D eigenvalue weighted by atomic mass is 35.5. The summed E-state index contributed by atoms with van der Waals surface area (Å²) in [6.45, 7) is 3.10. The van der Waals surface area contributed by atoms with Crippen molar-refractivity contribution in [3.8, 4) is 5.75 Å². The zero-order chi connectivity index (χ0) is 14.0. The molecule has 4 heteroatoms. The summed E-state index contributed by atoms with van der Waals surface area (Å²) in [4.78, 5) is 2.42. The van der Waals surface area contributed by atoms with Gasteiger partial charge in [-0.3, -0.25) is 0 Å². The quantitative estimate of drug-likeness (QED) is 0.904. The second kappa shape index (κ2) is 5.82. The van der Waals surface area contributed by atoms with Gasteiger partial charge in [0.25, 0.3) is 0 Å². The van der Waals surface area contributed by atoms with Crippen molar-refractivity contribution in [2.45, 2.75) is 37.6 Å². The van der Waals surface area contributed by atoms with Gasteiger partial charge in [0.2, 0.25) is 0 Å². The van der Waals surface area contributed by atoms with Gasteiger partial charge in [0.1, 0.15) is 5.75 Å². The van der Waals surface area contributed by atoms with Crippen LogP contribution < -0.4 is 15.0 Å². The Bertz CT molecular complexity index is 466. The molecule has 0 aromatic heterocycles. The lowest BCUT2D eigenvalue weighted by Crippen LogP contribution is -2.61. The van der Waals surface area contributed by atoms with Gasteiger partial charge in [-0.25, -0.2) is 0 Å². The Labute approximate surface area is 126 Å². The Morgan fingerprint density at radius 1 is 1.25 bits per heavy atom. The first-order valence-corrected chi connectivity index (χ1v) is 7.94. The fourth-order valence-corrected chi connectivity index (χ4v) is 3.82. The number of anilines is 1. The van der Waals surface area contributed by atoms with Gasteiger partial charge < -0.3 is 15.0 Å². The van der Waals surface area contributed by atoms with Crippen LogP contribution in [-0.4, -0.2) is 32.3 Å². The average Bonchev–Trinajstić information content (AvgIpc) is 2.48. The molecular weight excluding hydrogens is 272 g/mol. The summed E-state index contributed by atoms with van der Waals surface area (Å²) in [5.41, 5.74) is 1.40. The smallest absolute Gasteiger partial charge is 0.121 e. The molecule has 0 bridgehead atoms. The van der Waals surface area contributed by atoms with Crippen LogP contribution in [0.4, 0.5) is 5.69 Å². The highest BCUT2D eigenvalue weighted by Crippen LogP contribution is 2.36. The van der Waals surface area contributed by atoms with E-state index in [0.717, 1.165) is 36.1 Å². The monoisotopic (exact) mass is 294 g/mol. The molecule has 1 aliphatic heterocycles. The summed E-state index contributed by atoms with van der Waals surface area (Å²) >= 11 is 6.40. The van der Waals surface area contributed by atoms with E-state index in [-0.39, 0.29) is 0 Å². The molecule has 1 saturated heterocycles. The number of ether oxygens (including phenoxy) is 1. The van der Waals surface area contributed by atoms with Crippen LogP contribution in [0.5, 0.6) is 5.75 Å². The first-order chi connectivity index (χ1) is 9.72. The molecular formula is C16H23ClN2O. The fraction of sp³-hybridized carbons (Fsp3) is 0.625. The summed E-state index contributed by atoms with van der Waals surface area (Å²) in [6, 6.07) is 5.92. The van der Waals surface area contributed by atoms with Gasteiger partial charge in [-0.05, 0) is 25.0 Å². The minimum atomic E-state index is 0.295. The molecule has 0 radical (unpaired) electrons.